The van der Waals surface area contributed by atoms with E-state index in [9.17, 15) is 16.8 Å². The van der Waals surface area contributed by atoms with Gasteiger partial charge in [0.25, 0.3) is 20.2 Å². The number of benzene rings is 1. The molecule has 0 saturated carbocycles. The van der Waals surface area contributed by atoms with Crippen molar-refractivity contribution in [2.75, 3.05) is 0 Å². The number of nitrogens with one attached hydrogen (secondary N) is 1. The molecule has 0 unspecified atom stereocenters. The largest absolute Gasteiger partial charge is 0.294 e. The van der Waals surface area contributed by atoms with Crippen molar-refractivity contribution >= 4 is 20.2 Å². The first-order valence-electron chi connectivity index (χ1n) is 4.30. The summed E-state index contributed by atoms with van der Waals surface area (Å²) in [5.74, 6) is 0. The highest BCUT2D eigenvalue weighted by Crippen LogP contribution is 2.25. The molecule has 0 bridgehead atoms. The molecule has 0 fully saturated rings. The van der Waals surface area contributed by atoms with Crippen molar-refractivity contribution in [1.29, 1.82) is 0 Å². The lowest BCUT2D eigenvalue weighted by molar-refractivity contribution is 0.478. The second-order valence-corrected chi connectivity index (χ2v) is 6.15. The fourth-order valence-corrected chi connectivity index (χ4v) is 3.11. The van der Waals surface area contributed by atoms with Crippen LogP contribution >= 0.6 is 0 Å². The van der Waals surface area contributed by atoms with Gasteiger partial charge in [-0.2, -0.15) is 16.8 Å². The molecule has 9 heteroatoms. The van der Waals surface area contributed by atoms with Gasteiger partial charge in [0.1, 0.15) is 9.79 Å². The zero-order valence-electron chi connectivity index (χ0n) is 8.71. The molecule has 95 valence electrons. The number of aryl methyl sites for hydroxylation is 1. The normalized spacial score (nSPS) is 12.7. The standard InChI is InChI=1S/C8H10NO6S2/c1-5-2-7(16(10,11)12)6(4-9)8(3-5)17(13,14)15/h2-3,9H,4H2,1H3,(H,10,11,12)(H,13,14,15). The highest BCUT2D eigenvalue weighted by atomic mass is 32.2. The maximum Gasteiger partial charge on any atom is 0.294 e. The Morgan fingerprint density at radius 1 is 1.06 bits per heavy atom. The van der Waals surface area contributed by atoms with Crippen molar-refractivity contribution in [3.8, 4) is 0 Å². The molecule has 0 atom stereocenters. The van der Waals surface area contributed by atoms with Crippen molar-refractivity contribution in [1.82, 2.24) is 5.73 Å². The van der Waals surface area contributed by atoms with Crippen molar-refractivity contribution in [3.05, 3.63) is 23.3 Å². The van der Waals surface area contributed by atoms with Crippen LogP contribution in [0.2, 0.25) is 0 Å². The summed E-state index contributed by atoms with van der Waals surface area (Å²) in [7, 11) is -9.29. The van der Waals surface area contributed by atoms with E-state index in [1.165, 1.54) is 6.92 Å². The van der Waals surface area contributed by atoms with E-state index in [2.05, 4.69) is 0 Å². The molecule has 1 aromatic rings. The third kappa shape index (κ3) is 3.01. The molecule has 3 N–H and O–H groups in total. The lowest BCUT2D eigenvalue weighted by atomic mass is 10.1. The Hall–Kier alpha value is -1.00. The van der Waals surface area contributed by atoms with E-state index in [-0.39, 0.29) is 5.56 Å². The van der Waals surface area contributed by atoms with Gasteiger partial charge in [0.15, 0.2) is 0 Å². The summed E-state index contributed by atoms with van der Waals surface area (Å²) in [6.07, 6.45) is 0. The summed E-state index contributed by atoms with van der Waals surface area (Å²) in [5.41, 5.74) is 6.87. The molecule has 1 rings (SSSR count). The monoisotopic (exact) mass is 280 g/mol. The van der Waals surface area contributed by atoms with Crippen molar-refractivity contribution < 1.29 is 25.9 Å². The van der Waals surface area contributed by atoms with Gasteiger partial charge in [-0.1, -0.05) is 0 Å². The minimum absolute atomic E-state index is 0.224. The molecule has 17 heavy (non-hydrogen) atoms. The molecule has 1 radical (unpaired) electrons. The predicted octanol–water partition coefficient (Wildman–Crippen LogP) is 0.271. The zero-order chi connectivity index (χ0) is 13.4. The Balaban J connectivity index is 3.83. The summed E-state index contributed by atoms with van der Waals surface area (Å²) in [5, 5.41) is 0. The smallest absolute Gasteiger partial charge is 0.282 e. The van der Waals surface area contributed by atoms with Crippen LogP contribution in [0, 0.1) is 6.92 Å². The van der Waals surface area contributed by atoms with Crippen molar-refractivity contribution in [3.63, 3.8) is 0 Å². The van der Waals surface area contributed by atoms with Crippen LogP contribution in [-0.4, -0.2) is 25.9 Å². The van der Waals surface area contributed by atoms with Crippen LogP contribution < -0.4 is 5.73 Å². The predicted molar refractivity (Wildman–Crippen MR) is 57.6 cm³/mol. The molecule has 7 nitrogen and oxygen atoms in total. The second-order valence-electron chi connectivity index (χ2n) is 3.37. The second kappa shape index (κ2) is 4.35. The Morgan fingerprint density at radius 3 is 1.65 bits per heavy atom. The Morgan fingerprint density at radius 2 is 1.41 bits per heavy atom. The van der Waals surface area contributed by atoms with Crippen LogP contribution in [0.15, 0.2) is 21.9 Å². The molecule has 0 spiro atoms. The lowest BCUT2D eigenvalue weighted by Crippen LogP contribution is -2.11. The van der Waals surface area contributed by atoms with E-state index in [4.69, 9.17) is 14.8 Å². The highest BCUT2D eigenvalue weighted by molar-refractivity contribution is 7.86. The molecule has 0 aromatic heterocycles. The Bertz CT molecular complexity index is 594. The van der Waals surface area contributed by atoms with Crippen molar-refractivity contribution in [2.45, 2.75) is 23.3 Å². The third-order valence-electron chi connectivity index (χ3n) is 2.04. The topological polar surface area (TPSA) is 133 Å². The maximum atomic E-state index is 11.0. The highest BCUT2D eigenvalue weighted by Gasteiger charge is 2.24. The lowest BCUT2D eigenvalue weighted by Gasteiger charge is -2.10. The maximum absolute atomic E-state index is 11.0. The van der Waals surface area contributed by atoms with E-state index in [1.54, 1.807) is 0 Å². The fraction of sp³-hybridized carbons (Fsp3) is 0.250. The van der Waals surface area contributed by atoms with E-state index < -0.39 is 42.1 Å². The van der Waals surface area contributed by atoms with Crippen LogP contribution in [0.25, 0.3) is 0 Å². The van der Waals surface area contributed by atoms with Crippen molar-refractivity contribution in [2.24, 2.45) is 0 Å². The van der Waals surface area contributed by atoms with Crippen LogP contribution in [0.4, 0.5) is 0 Å². The Labute approximate surface area is 98.8 Å². The van der Waals surface area contributed by atoms with Crippen LogP contribution in [-0.2, 0) is 26.8 Å². The minimum Gasteiger partial charge on any atom is -0.282 e. The zero-order valence-corrected chi connectivity index (χ0v) is 10.3. The van der Waals surface area contributed by atoms with E-state index >= 15 is 0 Å². The van der Waals surface area contributed by atoms with Crippen LogP contribution in [0.1, 0.15) is 11.1 Å². The van der Waals surface area contributed by atoms with Gasteiger partial charge in [-0.05, 0) is 24.6 Å². The summed E-state index contributed by atoms with van der Waals surface area (Å²) in [4.78, 5) is -1.36. The molecule has 0 heterocycles. The third-order valence-corrected chi connectivity index (χ3v) is 3.89. The molecule has 0 aliphatic carbocycles. The average molecular weight is 280 g/mol. The summed E-state index contributed by atoms with van der Waals surface area (Å²) < 4.78 is 62.0. The van der Waals surface area contributed by atoms with Gasteiger partial charge in [-0.15, -0.1) is 0 Å². The average Bonchev–Trinajstić information content (AvgIpc) is 2.13. The molecule has 0 amide bonds. The number of rotatable bonds is 3. The molecular weight excluding hydrogens is 270 g/mol. The van der Waals surface area contributed by atoms with Crippen LogP contribution in [0.5, 0.6) is 0 Å². The van der Waals surface area contributed by atoms with E-state index in [0.29, 0.717) is 0 Å². The fourth-order valence-electron chi connectivity index (χ4n) is 1.39. The Kier molecular flexibility index (Phi) is 3.60. The summed E-state index contributed by atoms with van der Waals surface area (Å²) >= 11 is 0. The van der Waals surface area contributed by atoms with Gasteiger partial charge in [0, 0.05) is 12.1 Å². The van der Waals surface area contributed by atoms with Gasteiger partial charge in [-0.3, -0.25) is 14.8 Å². The first-order valence-corrected chi connectivity index (χ1v) is 7.18. The minimum atomic E-state index is -4.65. The van der Waals surface area contributed by atoms with Crippen LogP contribution in [0.3, 0.4) is 0 Å². The van der Waals surface area contributed by atoms with Gasteiger partial charge >= 0.3 is 0 Å². The van der Waals surface area contributed by atoms with E-state index in [1.807, 2.05) is 0 Å². The van der Waals surface area contributed by atoms with Gasteiger partial charge in [0.2, 0.25) is 0 Å². The first kappa shape index (κ1) is 14.1. The van der Waals surface area contributed by atoms with Gasteiger partial charge in [-0.25, -0.2) is 0 Å². The molecule has 1 aromatic carbocycles. The SMILES string of the molecule is Cc1cc(S(=O)(=O)O)c(C[NH])c(S(=O)(=O)O)c1. The summed E-state index contributed by atoms with van der Waals surface area (Å²) in [6.45, 7) is 0.696. The molecule has 0 saturated heterocycles. The number of hydrogen-bond donors (Lipinski definition) is 2. The number of hydrogen-bond acceptors (Lipinski definition) is 4. The molecule has 0 aliphatic heterocycles. The van der Waals surface area contributed by atoms with E-state index in [0.717, 1.165) is 12.1 Å². The first-order chi connectivity index (χ1) is 7.57. The molecular formula is C8H10NO6S2. The van der Waals surface area contributed by atoms with Gasteiger partial charge in [0.05, 0.1) is 0 Å². The molecule has 0 aliphatic rings. The summed E-state index contributed by atoms with van der Waals surface area (Å²) in [6, 6.07) is 2.07. The van der Waals surface area contributed by atoms with Gasteiger partial charge < -0.3 is 0 Å². The quantitative estimate of drug-likeness (QED) is 0.763.